The molecule has 2 aromatic heterocycles. The van der Waals surface area contributed by atoms with E-state index in [2.05, 4.69) is 21.6 Å². The van der Waals surface area contributed by atoms with Gasteiger partial charge in [0, 0.05) is 10.4 Å². The van der Waals surface area contributed by atoms with E-state index < -0.39 is 0 Å². The molecule has 3 aromatic rings. The van der Waals surface area contributed by atoms with Gasteiger partial charge in [-0.05, 0) is 29.7 Å². The fourth-order valence-electron chi connectivity index (χ4n) is 1.80. The molecule has 1 aromatic carbocycles. The normalized spacial score (nSPS) is 11.0. The van der Waals surface area contributed by atoms with E-state index in [9.17, 15) is 10.1 Å². The topological polar surface area (TPSA) is 78.7 Å². The van der Waals surface area contributed by atoms with Gasteiger partial charge in [-0.3, -0.25) is 10.1 Å². The molecule has 3 rings (SSSR count). The first-order chi connectivity index (χ1) is 11.3. The molecular weight excluding hydrogens is 328 g/mol. The molecule has 0 fully saturated rings. The zero-order chi connectivity index (χ0) is 16.1. The summed E-state index contributed by atoms with van der Waals surface area (Å²) < 4.78 is 0. The highest BCUT2D eigenvalue weighted by Crippen LogP contribution is 2.25. The minimum absolute atomic E-state index is 0.256. The Bertz CT molecular complexity index is 876. The number of allylic oxidation sites excluding steroid dienone is 1. The maximum atomic E-state index is 12.1. The van der Waals surface area contributed by atoms with Crippen LogP contribution < -0.4 is 5.32 Å². The number of hydrogen-bond donors (Lipinski definition) is 1. The Morgan fingerprint density at radius 3 is 2.70 bits per heavy atom. The summed E-state index contributed by atoms with van der Waals surface area (Å²) in [6.07, 6.45) is 1.76. The third-order valence-electron chi connectivity index (χ3n) is 2.86. The van der Waals surface area contributed by atoms with Crippen LogP contribution in [0, 0.1) is 11.3 Å². The number of nitrogens with zero attached hydrogens (tertiary/aromatic N) is 3. The number of nitriles is 1. The third-order valence-corrected chi connectivity index (χ3v) is 4.55. The van der Waals surface area contributed by atoms with Crippen LogP contribution in [0.2, 0.25) is 0 Å². The molecular formula is C16H10N4OS2. The Hall–Kier alpha value is -2.82. The molecule has 0 aliphatic carbocycles. The maximum absolute atomic E-state index is 12.1. The Kier molecular flexibility index (Phi) is 4.57. The lowest BCUT2D eigenvalue weighted by Gasteiger charge is -1.99. The van der Waals surface area contributed by atoms with E-state index in [0.29, 0.717) is 21.3 Å². The smallest absolute Gasteiger partial charge is 0.257 e. The Morgan fingerprint density at radius 1 is 1.17 bits per heavy atom. The number of thiophene rings is 1. The van der Waals surface area contributed by atoms with Gasteiger partial charge >= 0.3 is 0 Å². The van der Waals surface area contributed by atoms with Crippen molar-refractivity contribution in [2.24, 2.45) is 0 Å². The lowest BCUT2D eigenvalue weighted by atomic mass is 10.2. The van der Waals surface area contributed by atoms with Crippen LogP contribution in [-0.2, 0) is 0 Å². The molecule has 1 N–H and O–H groups in total. The lowest BCUT2D eigenvalue weighted by Crippen LogP contribution is -2.11. The summed E-state index contributed by atoms with van der Waals surface area (Å²) in [5, 5.41) is 22.7. The SMILES string of the molecule is N#C/C(=C\c1cccs1)c1nnc(NC(=O)c2ccccc2)s1. The summed E-state index contributed by atoms with van der Waals surface area (Å²) in [6, 6.07) is 14.8. The number of rotatable bonds is 4. The maximum Gasteiger partial charge on any atom is 0.257 e. The monoisotopic (exact) mass is 338 g/mol. The molecule has 0 atom stereocenters. The molecule has 0 unspecified atom stereocenters. The van der Waals surface area contributed by atoms with Crippen molar-refractivity contribution in [1.82, 2.24) is 10.2 Å². The summed E-state index contributed by atoms with van der Waals surface area (Å²) >= 11 is 2.71. The van der Waals surface area contributed by atoms with Gasteiger partial charge < -0.3 is 0 Å². The molecule has 112 valence electrons. The minimum atomic E-state index is -0.256. The lowest BCUT2D eigenvalue weighted by molar-refractivity contribution is 0.102. The zero-order valence-corrected chi connectivity index (χ0v) is 13.4. The van der Waals surface area contributed by atoms with Crippen molar-refractivity contribution in [2.75, 3.05) is 5.32 Å². The first kappa shape index (κ1) is 15.1. The third kappa shape index (κ3) is 3.69. The van der Waals surface area contributed by atoms with Crippen molar-refractivity contribution < 1.29 is 4.79 Å². The molecule has 23 heavy (non-hydrogen) atoms. The summed E-state index contributed by atoms with van der Waals surface area (Å²) in [5.41, 5.74) is 0.962. The van der Waals surface area contributed by atoms with Crippen LogP contribution in [0.15, 0.2) is 47.8 Å². The van der Waals surface area contributed by atoms with E-state index in [-0.39, 0.29) is 5.91 Å². The predicted octanol–water partition coefficient (Wildman–Crippen LogP) is 3.92. The largest absolute Gasteiger partial charge is 0.296 e. The van der Waals surface area contributed by atoms with Crippen molar-refractivity contribution >= 4 is 45.4 Å². The fourth-order valence-corrected chi connectivity index (χ4v) is 3.16. The van der Waals surface area contributed by atoms with Gasteiger partial charge in [-0.1, -0.05) is 35.6 Å². The molecule has 0 saturated heterocycles. The molecule has 7 heteroatoms. The van der Waals surface area contributed by atoms with Crippen LogP contribution in [0.4, 0.5) is 5.13 Å². The van der Waals surface area contributed by atoms with Gasteiger partial charge in [-0.15, -0.1) is 21.5 Å². The van der Waals surface area contributed by atoms with Crippen molar-refractivity contribution in [2.45, 2.75) is 0 Å². The predicted molar refractivity (Wildman–Crippen MR) is 92.1 cm³/mol. The van der Waals surface area contributed by atoms with Crippen LogP contribution in [0.3, 0.4) is 0 Å². The number of anilines is 1. The minimum Gasteiger partial charge on any atom is -0.296 e. The molecule has 1 amide bonds. The van der Waals surface area contributed by atoms with Crippen molar-refractivity contribution in [3.8, 4) is 6.07 Å². The first-order valence-corrected chi connectivity index (χ1v) is 8.31. The number of amides is 1. The summed E-state index contributed by atoms with van der Waals surface area (Å²) in [7, 11) is 0. The highest BCUT2D eigenvalue weighted by Gasteiger charge is 2.12. The number of benzene rings is 1. The van der Waals surface area contributed by atoms with Gasteiger partial charge in [0.25, 0.3) is 5.91 Å². The molecule has 0 bridgehead atoms. The molecule has 2 heterocycles. The van der Waals surface area contributed by atoms with Gasteiger partial charge in [0.15, 0.2) is 5.01 Å². The fraction of sp³-hybridized carbons (Fsp3) is 0. The van der Waals surface area contributed by atoms with Gasteiger partial charge in [0.2, 0.25) is 5.13 Å². The van der Waals surface area contributed by atoms with E-state index in [4.69, 9.17) is 0 Å². The van der Waals surface area contributed by atoms with Crippen LogP contribution in [0.25, 0.3) is 11.6 Å². The molecule has 0 spiro atoms. The average molecular weight is 338 g/mol. The zero-order valence-electron chi connectivity index (χ0n) is 11.8. The second-order valence-electron chi connectivity index (χ2n) is 4.42. The van der Waals surface area contributed by atoms with E-state index in [0.717, 1.165) is 4.88 Å². The molecule has 5 nitrogen and oxygen atoms in total. The van der Waals surface area contributed by atoms with Crippen LogP contribution in [-0.4, -0.2) is 16.1 Å². The van der Waals surface area contributed by atoms with Crippen molar-refractivity contribution in [3.63, 3.8) is 0 Å². The Balaban J connectivity index is 1.78. The quantitative estimate of drug-likeness (QED) is 0.731. The number of carbonyl (C=O) groups is 1. The van der Waals surface area contributed by atoms with E-state index in [1.807, 2.05) is 23.6 Å². The van der Waals surface area contributed by atoms with Crippen molar-refractivity contribution in [1.29, 1.82) is 5.26 Å². The van der Waals surface area contributed by atoms with Gasteiger partial charge in [-0.25, -0.2) is 0 Å². The highest BCUT2D eigenvalue weighted by molar-refractivity contribution is 7.16. The van der Waals surface area contributed by atoms with Gasteiger partial charge in [-0.2, -0.15) is 5.26 Å². The second kappa shape index (κ2) is 6.96. The van der Waals surface area contributed by atoms with E-state index in [1.165, 1.54) is 22.7 Å². The average Bonchev–Trinajstić information content (AvgIpc) is 3.25. The Labute approximate surface area is 140 Å². The highest BCUT2D eigenvalue weighted by atomic mass is 32.1. The molecule has 0 saturated carbocycles. The number of carbonyl (C=O) groups excluding carboxylic acids is 1. The summed E-state index contributed by atoms with van der Waals surface area (Å²) in [4.78, 5) is 13.0. The second-order valence-corrected chi connectivity index (χ2v) is 6.37. The number of nitrogens with one attached hydrogen (secondary N) is 1. The van der Waals surface area contributed by atoms with Crippen LogP contribution in [0.1, 0.15) is 20.2 Å². The number of hydrogen-bond acceptors (Lipinski definition) is 6. The molecule has 0 aliphatic rings. The van der Waals surface area contributed by atoms with Crippen LogP contribution >= 0.6 is 22.7 Å². The van der Waals surface area contributed by atoms with E-state index >= 15 is 0 Å². The van der Waals surface area contributed by atoms with Crippen LogP contribution in [0.5, 0.6) is 0 Å². The molecule has 0 radical (unpaired) electrons. The molecule has 0 aliphatic heterocycles. The van der Waals surface area contributed by atoms with E-state index in [1.54, 1.807) is 30.3 Å². The Morgan fingerprint density at radius 2 is 2.00 bits per heavy atom. The van der Waals surface area contributed by atoms with Gasteiger partial charge in [0.05, 0.1) is 5.57 Å². The van der Waals surface area contributed by atoms with Gasteiger partial charge in [0.1, 0.15) is 6.07 Å². The standard InChI is InChI=1S/C16H10N4OS2/c17-10-12(9-13-7-4-8-22-13)15-19-20-16(23-15)18-14(21)11-5-2-1-3-6-11/h1-9H,(H,18,20,21)/b12-9+. The summed E-state index contributed by atoms with van der Waals surface area (Å²) in [6.45, 7) is 0. The summed E-state index contributed by atoms with van der Waals surface area (Å²) in [5.74, 6) is -0.256. The van der Waals surface area contributed by atoms with Crippen molar-refractivity contribution in [3.05, 3.63) is 63.3 Å². The number of aromatic nitrogens is 2. The first-order valence-electron chi connectivity index (χ1n) is 6.62.